The molecule has 0 aromatic carbocycles. The molecule has 0 aliphatic heterocycles. The summed E-state index contributed by atoms with van der Waals surface area (Å²) >= 11 is 1.69. The van der Waals surface area contributed by atoms with E-state index in [9.17, 15) is 5.11 Å². The maximum atomic E-state index is 9.85. The fourth-order valence-electron chi connectivity index (χ4n) is 2.05. The number of hydrogen-bond donors (Lipinski definition) is 1. The summed E-state index contributed by atoms with van der Waals surface area (Å²) in [4.78, 5) is 3.47. The molecule has 1 aromatic heterocycles. The molecular formula is C13H21NO2S. The Morgan fingerprint density at radius 2 is 2.41 bits per heavy atom. The molecule has 4 heteroatoms. The monoisotopic (exact) mass is 255 g/mol. The van der Waals surface area contributed by atoms with E-state index in [1.165, 1.54) is 24.1 Å². The zero-order valence-corrected chi connectivity index (χ0v) is 11.2. The molecule has 1 atom stereocenters. The Hall–Kier alpha value is -0.420. The van der Waals surface area contributed by atoms with Gasteiger partial charge >= 0.3 is 0 Å². The Labute approximate surface area is 107 Å². The van der Waals surface area contributed by atoms with Gasteiger partial charge < -0.3 is 14.7 Å². The predicted octanol–water partition coefficient (Wildman–Crippen LogP) is 2.11. The van der Waals surface area contributed by atoms with Crippen LogP contribution < -0.4 is 0 Å². The average Bonchev–Trinajstić information content (AvgIpc) is 2.67. The first-order valence-electron chi connectivity index (χ1n) is 6.24. The van der Waals surface area contributed by atoms with Crippen molar-refractivity contribution in [3.8, 4) is 0 Å². The highest BCUT2D eigenvalue weighted by molar-refractivity contribution is 7.09. The molecule has 1 aliphatic carbocycles. The second kappa shape index (κ2) is 6.50. The van der Waals surface area contributed by atoms with Crippen molar-refractivity contribution in [3.63, 3.8) is 0 Å². The number of thiophene rings is 1. The van der Waals surface area contributed by atoms with Crippen LogP contribution in [0, 0.1) is 0 Å². The van der Waals surface area contributed by atoms with E-state index >= 15 is 0 Å². The average molecular weight is 255 g/mol. The quantitative estimate of drug-likeness (QED) is 0.810. The van der Waals surface area contributed by atoms with Crippen LogP contribution >= 0.6 is 11.3 Å². The van der Waals surface area contributed by atoms with E-state index in [1.54, 1.807) is 11.3 Å². The van der Waals surface area contributed by atoms with Crippen molar-refractivity contribution in [3.05, 3.63) is 22.4 Å². The number of nitrogens with zero attached hydrogens (tertiary/aromatic N) is 1. The van der Waals surface area contributed by atoms with Gasteiger partial charge in [-0.15, -0.1) is 11.3 Å². The van der Waals surface area contributed by atoms with Gasteiger partial charge in [0.25, 0.3) is 0 Å². The van der Waals surface area contributed by atoms with E-state index < -0.39 is 0 Å². The first kappa shape index (κ1) is 13.0. The van der Waals surface area contributed by atoms with Crippen LogP contribution in [-0.4, -0.2) is 42.4 Å². The van der Waals surface area contributed by atoms with Crippen LogP contribution in [0.15, 0.2) is 17.5 Å². The van der Waals surface area contributed by atoms with Crippen molar-refractivity contribution in [2.24, 2.45) is 0 Å². The number of aliphatic hydroxyl groups excluding tert-OH is 1. The Bertz CT molecular complexity index is 311. The molecular weight excluding hydrogens is 234 g/mol. The number of hydrogen-bond acceptors (Lipinski definition) is 4. The van der Waals surface area contributed by atoms with Gasteiger partial charge in [-0.1, -0.05) is 12.5 Å². The SMILES string of the molecule is CN(CC(O)COCc1cccs1)C1CCC1. The highest BCUT2D eigenvalue weighted by Gasteiger charge is 2.23. The highest BCUT2D eigenvalue weighted by Crippen LogP contribution is 2.23. The normalized spacial score (nSPS) is 18.3. The minimum absolute atomic E-state index is 0.374. The summed E-state index contributed by atoms with van der Waals surface area (Å²) in [5, 5.41) is 11.9. The lowest BCUT2D eigenvalue weighted by Crippen LogP contribution is -2.42. The highest BCUT2D eigenvalue weighted by atomic mass is 32.1. The molecule has 96 valence electrons. The minimum atomic E-state index is -0.374. The van der Waals surface area contributed by atoms with Crippen molar-refractivity contribution in [1.29, 1.82) is 0 Å². The van der Waals surface area contributed by atoms with Gasteiger partial charge in [-0.25, -0.2) is 0 Å². The van der Waals surface area contributed by atoms with Gasteiger partial charge in [0.15, 0.2) is 0 Å². The second-order valence-corrected chi connectivity index (χ2v) is 5.80. The van der Waals surface area contributed by atoms with Crippen LogP contribution in [0.5, 0.6) is 0 Å². The number of likely N-dealkylation sites (N-methyl/N-ethyl adjacent to an activating group) is 1. The Balaban J connectivity index is 1.58. The van der Waals surface area contributed by atoms with E-state index in [-0.39, 0.29) is 6.10 Å². The smallest absolute Gasteiger partial charge is 0.0900 e. The molecule has 1 aliphatic rings. The van der Waals surface area contributed by atoms with Gasteiger partial charge in [0.05, 0.1) is 19.3 Å². The van der Waals surface area contributed by atoms with Crippen molar-refractivity contribution in [2.75, 3.05) is 20.2 Å². The summed E-state index contributed by atoms with van der Waals surface area (Å²) in [7, 11) is 2.09. The first-order chi connectivity index (χ1) is 8.25. The third-order valence-electron chi connectivity index (χ3n) is 3.33. The lowest BCUT2D eigenvalue weighted by atomic mass is 9.92. The summed E-state index contributed by atoms with van der Waals surface area (Å²) < 4.78 is 5.51. The molecule has 0 saturated heterocycles. The molecule has 2 rings (SSSR count). The third kappa shape index (κ3) is 4.07. The van der Waals surface area contributed by atoms with Crippen molar-refractivity contribution >= 4 is 11.3 Å². The molecule has 0 spiro atoms. The van der Waals surface area contributed by atoms with Crippen LogP contribution in [0.4, 0.5) is 0 Å². The lowest BCUT2D eigenvalue weighted by molar-refractivity contribution is 0.00176. The van der Waals surface area contributed by atoms with Crippen LogP contribution in [0.2, 0.25) is 0 Å². The largest absolute Gasteiger partial charge is 0.389 e. The molecule has 1 fully saturated rings. The zero-order chi connectivity index (χ0) is 12.1. The molecule has 3 nitrogen and oxygen atoms in total. The zero-order valence-electron chi connectivity index (χ0n) is 10.3. The van der Waals surface area contributed by atoms with Gasteiger partial charge in [0.2, 0.25) is 0 Å². The Kier molecular flexibility index (Phi) is 4.98. The Morgan fingerprint density at radius 3 is 3.00 bits per heavy atom. The van der Waals surface area contributed by atoms with Gasteiger partial charge in [0.1, 0.15) is 0 Å². The predicted molar refractivity (Wildman–Crippen MR) is 70.3 cm³/mol. The Morgan fingerprint density at radius 1 is 1.59 bits per heavy atom. The van der Waals surface area contributed by atoms with Crippen molar-refractivity contribution in [2.45, 2.75) is 38.0 Å². The molecule has 1 unspecified atom stereocenters. The second-order valence-electron chi connectivity index (χ2n) is 4.77. The standard InChI is InChI=1S/C13H21NO2S/c1-14(11-4-2-5-11)8-12(15)9-16-10-13-6-3-7-17-13/h3,6-7,11-12,15H,2,4-5,8-10H2,1H3. The van der Waals surface area contributed by atoms with Gasteiger partial charge in [0, 0.05) is 17.5 Å². The fraction of sp³-hybridized carbons (Fsp3) is 0.692. The summed E-state index contributed by atoms with van der Waals surface area (Å²) in [6.45, 7) is 1.76. The molecule has 1 aromatic rings. The summed E-state index contributed by atoms with van der Waals surface area (Å²) in [6, 6.07) is 4.75. The van der Waals surface area contributed by atoms with Crippen LogP contribution in [-0.2, 0) is 11.3 Å². The minimum Gasteiger partial charge on any atom is -0.389 e. The van der Waals surface area contributed by atoms with Gasteiger partial charge in [-0.05, 0) is 31.3 Å². The summed E-state index contributed by atoms with van der Waals surface area (Å²) in [5.41, 5.74) is 0. The number of ether oxygens (including phenoxy) is 1. The van der Waals surface area contributed by atoms with E-state index in [4.69, 9.17) is 4.74 Å². The van der Waals surface area contributed by atoms with Crippen molar-refractivity contribution < 1.29 is 9.84 Å². The number of rotatable bonds is 7. The van der Waals surface area contributed by atoms with E-state index in [0.717, 1.165) is 6.54 Å². The summed E-state index contributed by atoms with van der Waals surface area (Å²) in [5.74, 6) is 0. The maximum absolute atomic E-state index is 9.85. The molecule has 1 N–H and O–H groups in total. The first-order valence-corrected chi connectivity index (χ1v) is 7.12. The molecule has 1 saturated carbocycles. The van der Waals surface area contributed by atoms with Gasteiger partial charge in [-0.3, -0.25) is 0 Å². The molecule has 0 radical (unpaired) electrons. The van der Waals surface area contributed by atoms with Gasteiger partial charge in [-0.2, -0.15) is 0 Å². The number of aliphatic hydroxyl groups is 1. The maximum Gasteiger partial charge on any atom is 0.0900 e. The molecule has 0 amide bonds. The summed E-state index contributed by atoms with van der Waals surface area (Å²) in [6.07, 6.45) is 3.51. The van der Waals surface area contributed by atoms with Crippen LogP contribution in [0.3, 0.4) is 0 Å². The van der Waals surface area contributed by atoms with E-state index in [0.29, 0.717) is 19.3 Å². The molecule has 1 heterocycles. The third-order valence-corrected chi connectivity index (χ3v) is 4.18. The molecule has 17 heavy (non-hydrogen) atoms. The molecule has 0 bridgehead atoms. The van der Waals surface area contributed by atoms with Crippen LogP contribution in [0.25, 0.3) is 0 Å². The topological polar surface area (TPSA) is 32.7 Å². The van der Waals surface area contributed by atoms with E-state index in [1.807, 2.05) is 11.4 Å². The van der Waals surface area contributed by atoms with Crippen molar-refractivity contribution in [1.82, 2.24) is 4.90 Å². The van der Waals surface area contributed by atoms with E-state index in [2.05, 4.69) is 18.0 Å². The fourth-order valence-corrected chi connectivity index (χ4v) is 2.69. The van der Waals surface area contributed by atoms with Crippen LogP contribution in [0.1, 0.15) is 24.1 Å². The lowest BCUT2D eigenvalue weighted by Gasteiger charge is -2.35.